The van der Waals surface area contributed by atoms with E-state index < -0.39 is 0 Å². The van der Waals surface area contributed by atoms with Crippen molar-refractivity contribution in [1.29, 1.82) is 0 Å². The molecule has 2 rings (SSSR count). The van der Waals surface area contributed by atoms with E-state index in [1.165, 1.54) is 0 Å². The topological polar surface area (TPSA) is 74.2 Å². The van der Waals surface area contributed by atoms with Gasteiger partial charge in [-0.3, -0.25) is 0 Å². The second-order valence-electron chi connectivity index (χ2n) is 4.58. The lowest BCUT2D eigenvalue weighted by Gasteiger charge is -2.09. The highest BCUT2D eigenvalue weighted by molar-refractivity contribution is 9.10. The molecule has 1 aromatic carbocycles. The molecule has 0 aliphatic heterocycles. The summed E-state index contributed by atoms with van der Waals surface area (Å²) in [5.41, 5.74) is 6.81. The standard InChI is InChI=1S/C13H16BrN3O2/c1-7(2)11(15)12-16-13(19-17-12)8-4-5-10(18-3)9(14)6-8/h4-7,11H,15H2,1-3H3. The van der Waals surface area contributed by atoms with Crippen LogP contribution in [0.15, 0.2) is 27.2 Å². The van der Waals surface area contributed by atoms with Gasteiger partial charge in [0.15, 0.2) is 5.82 Å². The van der Waals surface area contributed by atoms with Crippen molar-refractivity contribution in [3.8, 4) is 17.2 Å². The Morgan fingerprint density at radius 1 is 1.37 bits per heavy atom. The molecule has 2 aromatic rings. The molecular weight excluding hydrogens is 310 g/mol. The molecule has 5 nitrogen and oxygen atoms in total. The number of hydrogen-bond donors (Lipinski definition) is 1. The van der Waals surface area contributed by atoms with E-state index in [4.69, 9.17) is 15.0 Å². The molecule has 0 aliphatic carbocycles. The molecule has 0 saturated carbocycles. The van der Waals surface area contributed by atoms with Crippen molar-refractivity contribution in [2.24, 2.45) is 11.7 Å². The first-order valence-electron chi connectivity index (χ1n) is 5.96. The minimum absolute atomic E-state index is 0.223. The lowest BCUT2D eigenvalue weighted by molar-refractivity contribution is 0.399. The molecule has 0 aliphatic rings. The van der Waals surface area contributed by atoms with Crippen LogP contribution in [0.3, 0.4) is 0 Å². The number of methoxy groups -OCH3 is 1. The molecular formula is C13H16BrN3O2. The lowest BCUT2D eigenvalue weighted by atomic mass is 10.1. The summed E-state index contributed by atoms with van der Waals surface area (Å²) in [6, 6.07) is 5.35. The fourth-order valence-corrected chi connectivity index (χ4v) is 2.13. The fourth-order valence-electron chi connectivity index (χ4n) is 1.59. The average Bonchev–Trinajstić information content (AvgIpc) is 2.87. The van der Waals surface area contributed by atoms with Crippen molar-refractivity contribution >= 4 is 15.9 Å². The molecule has 0 amide bonds. The van der Waals surface area contributed by atoms with Crippen molar-refractivity contribution in [2.75, 3.05) is 7.11 Å². The van der Waals surface area contributed by atoms with Crippen LogP contribution in [0.25, 0.3) is 11.5 Å². The lowest BCUT2D eigenvalue weighted by Crippen LogP contribution is -2.18. The SMILES string of the molecule is COc1ccc(-c2nc(C(N)C(C)C)no2)cc1Br. The van der Waals surface area contributed by atoms with Crippen LogP contribution < -0.4 is 10.5 Å². The smallest absolute Gasteiger partial charge is 0.258 e. The third-order valence-electron chi connectivity index (χ3n) is 2.86. The fraction of sp³-hybridized carbons (Fsp3) is 0.385. The number of benzene rings is 1. The molecule has 0 spiro atoms. The van der Waals surface area contributed by atoms with E-state index in [2.05, 4.69) is 26.1 Å². The Bertz CT molecular complexity index is 569. The van der Waals surface area contributed by atoms with Crippen molar-refractivity contribution in [3.63, 3.8) is 0 Å². The zero-order valence-corrected chi connectivity index (χ0v) is 12.6. The maximum Gasteiger partial charge on any atom is 0.258 e. The van der Waals surface area contributed by atoms with Gasteiger partial charge in [-0.1, -0.05) is 19.0 Å². The highest BCUT2D eigenvalue weighted by atomic mass is 79.9. The molecule has 102 valence electrons. The van der Waals surface area contributed by atoms with Crippen LogP contribution in [0.1, 0.15) is 25.7 Å². The molecule has 0 saturated heterocycles. The van der Waals surface area contributed by atoms with Crippen molar-refractivity contribution in [1.82, 2.24) is 10.1 Å². The van der Waals surface area contributed by atoms with Crippen LogP contribution in [0.5, 0.6) is 5.75 Å². The first kappa shape index (κ1) is 14.0. The number of nitrogens with two attached hydrogens (primary N) is 1. The Balaban J connectivity index is 2.30. The zero-order valence-electron chi connectivity index (χ0n) is 11.1. The van der Waals surface area contributed by atoms with Crippen molar-refractivity contribution in [2.45, 2.75) is 19.9 Å². The zero-order chi connectivity index (χ0) is 14.0. The number of halogens is 1. The minimum Gasteiger partial charge on any atom is -0.496 e. The largest absolute Gasteiger partial charge is 0.496 e. The molecule has 0 radical (unpaired) electrons. The van der Waals surface area contributed by atoms with Gasteiger partial charge in [-0.25, -0.2) is 0 Å². The summed E-state index contributed by atoms with van der Waals surface area (Å²) in [5.74, 6) is 1.99. The Hall–Kier alpha value is -1.40. The summed E-state index contributed by atoms with van der Waals surface area (Å²) in [7, 11) is 1.62. The molecule has 1 atom stereocenters. The Morgan fingerprint density at radius 3 is 2.68 bits per heavy atom. The predicted octanol–water partition coefficient (Wildman–Crippen LogP) is 3.16. The molecule has 1 heterocycles. The number of ether oxygens (including phenoxy) is 1. The second-order valence-corrected chi connectivity index (χ2v) is 5.43. The molecule has 0 fully saturated rings. The molecule has 1 unspecified atom stereocenters. The van der Waals surface area contributed by atoms with Crippen LogP contribution in [0.2, 0.25) is 0 Å². The van der Waals surface area contributed by atoms with E-state index in [0.717, 1.165) is 15.8 Å². The maximum atomic E-state index is 5.99. The summed E-state index contributed by atoms with van der Waals surface area (Å²) in [5, 5.41) is 3.93. The summed E-state index contributed by atoms with van der Waals surface area (Å²) < 4.78 is 11.3. The van der Waals surface area contributed by atoms with Gasteiger partial charge in [-0.15, -0.1) is 0 Å². The Labute approximate surface area is 120 Å². The Kier molecular flexibility index (Phi) is 4.21. The highest BCUT2D eigenvalue weighted by Gasteiger charge is 2.18. The van der Waals surface area contributed by atoms with Gasteiger partial charge < -0.3 is 15.0 Å². The van der Waals surface area contributed by atoms with E-state index in [1.807, 2.05) is 32.0 Å². The Morgan fingerprint density at radius 2 is 2.11 bits per heavy atom. The van der Waals surface area contributed by atoms with Gasteiger partial charge in [0.2, 0.25) is 0 Å². The molecule has 6 heteroatoms. The first-order valence-corrected chi connectivity index (χ1v) is 6.75. The predicted molar refractivity (Wildman–Crippen MR) is 75.8 cm³/mol. The van der Waals surface area contributed by atoms with Crippen LogP contribution in [-0.2, 0) is 0 Å². The normalized spacial score (nSPS) is 12.7. The van der Waals surface area contributed by atoms with E-state index in [0.29, 0.717) is 11.7 Å². The van der Waals surface area contributed by atoms with E-state index >= 15 is 0 Å². The van der Waals surface area contributed by atoms with Gasteiger partial charge in [0.05, 0.1) is 17.6 Å². The molecule has 19 heavy (non-hydrogen) atoms. The summed E-state index contributed by atoms with van der Waals surface area (Å²) in [4.78, 5) is 4.33. The van der Waals surface area contributed by atoms with Gasteiger partial charge in [-0.2, -0.15) is 4.98 Å². The van der Waals surface area contributed by atoms with Gasteiger partial charge in [0.25, 0.3) is 5.89 Å². The third kappa shape index (κ3) is 2.96. The van der Waals surface area contributed by atoms with Crippen LogP contribution >= 0.6 is 15.9 Å². The molecule has 0 bridgehead atoms. The number of nitrogens with zero attached hydrogens (tertiary/aromatic N) is 2. The van der Waals surface area contributed by atoms with E-state index in [-0.39, 0.29) is 12.0 Å². The van der Waals surface area contributed by atoms with Gasteiger partial charge in [0.1, 0.15) is 5.75 Å². The van der Waals surface area contributed by atoms with E-state index in [1.54, 1.807) is 7.11 Å². The summed E-state index contributed by atoms with van der Waals surface area (Å²) in [6.07, 6.45) is 0. The molecule has 1 aromatic heterocycles. The number of rotatable bonds is 4. The second kappa shape index (κ2) is 5.71. The first-order chi connectivity index (χ1) is 9.02. The van der Waals surface area contributed by atoms with Crippen LogP contribution in [0, 0.1) is 5.92 Å². The average molecular weight is 326 g/mol. The van der Waals surface area contributed by atoms with Gasteiger partial charge in [0, 0.05) is 5.56 Å². The molecule has 2 N–H and O–H groups in total. The minimum atomic E-state index is -0.223. The summed E-state index contributed by atoms with van der Waals surface area (Å²) >= 11 is 3.42. The monoisotopic (exact) mass is 325 g/mol. The highest BCUT2D eigenvalue weighted by Crippen LogP contribution is 2.30. The third-order valence-corrected chi connectivity index (χ3v) is 3.48. The quantitative estimate of drug-likeness (QED) is 0.934. The van der Waals surface area contributed by atoms with Crippen molar-refractivity contribution < 1.29 is 9.26 Å². The number of aromatic nitrogens is 2. The summed E-state index contributed by atoms with van der Waals surface area (Å²) in [6.45, 7) is 4.04. The maximum absolute atomic E-state index is 5.99. The van der Waals surface area contributed by atoms with Crippen LogP contribution in [0.4, 0.5) is 0 Å². The van der Waals surface area contributed by atoms with Crippen LogP contribution in [-0.4, -0.2) is 17.3 Å². The van der Waals surface area contributed by atoms with Crippen molar-refractivity contribution in [3.05, 3.63) is 28.5 Å². The van der Waals surface area contributed by atoms with Gasteiger partial charge in [-0.05, 0) is 40.0 Å². The van der Waals surface area contributed by atoms with Gasteiger partial charge >= 0.3 is 0 Å². The number of hydrogen-bond acceptors (Lipinski definition) is 5. The van der Waals surface area contributed by atoms with E-state index in [9.17, 15) is 0 Å².